The number of nitrogens with zero attached hydrogens (tertiary/aromatic N) is 1. The Kier molecular flexibility index (Phi) is 6.52. The molecular formula is C21H21N3O3S. The van der Waals surface area contributed by atoms with Gasteiger partial charge < -0.3 is 5.32 Å². The summed E-state index contributed by atoms with van der Waals surface area (Å²) in [7, 11) is -3.49. The van der Waals surface area contributed by atoms with E-state index in [2.05, 4.69) is 15.0 Å². The van der Waals surface area contributed by atoms with E-state index in [1.807, 2.05) is 42.5 Å². The zero-order valence-electron chi connectivity index (χ0n) is 15.2. The highest BCUT2D eigenvalue weighted by Gasteiger charge is 2.12. The van der Waals surface area contributed by atoms with Crippen molar-refractivity contribution in [3.63, 3.8) is 0 Å². The lowest BCUT2D eigenvalue weighted by Crippen LogP contribution is -2.34. The third kappa shape index (κ3) is 5.73. The Bertz CT molecular complexity index is 1010. The molecule has 0 atom stereocenters. The van der Waals surface area contributed by atoms with Gasteiger partial charge in [-0.15, -0.1) is 0 Å². The third-order valence-corrected chi connectivity index (χ3v) is 5.46. The van der Waals surface area contributed by atoms with Gasteiger partial charge in [0.2, 0.25) is 10.0 Å². The summed E-state index contributed by atoms with van der Waals surface area (Å²) >= 11 is 0. The summed E-state index contributed by atoms with van der Waals surface area (Å²) in [6.45, 7) is 0.201. The second-order valence-electron chi connectivity index (χ2n) is 6.20. The van der Waals surface area contributed by atoms with Crippen molar-refractivity contribution in [3.05, 3.63) is 90.3 Å². The topological polar surface area (TPSA) is 88.2 Å². The molecule has 0 fully saturated rings. The van der Waals surface area contributed by atoms with Gasteiger partial charge in [0.05, 0.1) is 5.75 Å². The zero-order valence-corrected chi connectivity index (χ0v) is 16.0. The first-order valence-corrected chi connectivity index (χ1v) is 10.5. The summed E-state index contributed by atoms with van der Waals surface area (Å²) in [4.78, 5) is 16.2. The maximum atomic E-state index is 12.2. The maximum absolute atomic E-state index is 12.2. The molecule has 3 rings (SSSR count). The van der Waals surface area contributed by atoms with E-state index in [1.165, 1.54) is 0 Å². The van der Waals surface area contributed by atoms with Gasteiger partial charge in [-0.1, -0.05) is 48.5 Å². The van der Waals surface area contributed by atoms with Crippen molar-refractivity contribution in [2.45, 2.75) is 6.54 Å². The van der Waals surface area contributed by atoms with Gasteiger partial charge in [-0.3, -0.25) is 9.78 Å². The van der Waals surface area contributed by atoms with Crippen LogP contribution in [0, 0.1) is 0 Å². The molecule has 6 nitrogen and oxygen atoms in total. The highest BCUT2D eigenvalue weighted by atomic mass is 32.2. The van der Waals surface area contributed by atoms with Crippen LogP contribution in [0.5, 0.6) is 0 Å². The minimum absolute atomic E-state index is 0.0294. The average Bonchev–Trinajstić information content (AvgIpc) is 2.74. The smallest absolute Gasteiger partial charge is 0.251 e. The molecule has 144 valence electrons. The van der Waals surface area contributed by atoms with Gasteiger partial charge in [-0.25, -0.2) is 13.1 Å². The van der Waals surface area contributed by atoms with Gasteiger partial charge in [0.15, 0.2) is 0 Å². The number of sulfonamides is 1. The van der Waals surface area contributed by atoms with Crippen LogP contribution in [0.15, 0.2) is 79.1 Å². The van der Waals surface area contributed by atoms with E-state index in [4.69, 9.17) is 0 Å². The fourth-order valence-corrected chi connectivity index (χ4v) is 3.52. The Balaban J connectivity index is 1.48. The molecule has 1 heterocycles. The number of amides is 1. The molecule has 0 radical (unpaired) electrons. The predicted molar refractivity (Wildman–Crippen MR) is 109 cm³/mol. The average molecular weight is 395 g/mol. The Morgan fingerprint density at radius 3 is 2.29 bits per heavy atom. The lowest BCUT2D eigenvalue weighted by atomic mass is 10.0. The lowest BCUT2D eigenvalue weighted by molar-refractivity contribution is 0.0956. The number of carbonyl (C=O) groups excluding carboxylic acids is 1. The highest BCUT2D eigenvalue weighted by molar-refractivity contribution is 7.89. The van der Waals surface area contributed by atoms with Gasteiger partial charge in [0, 0.05) is 31.0 Å². The number of pyridine rings is 1. The Labute approximate surface area is 164 Å². The maximum Gasteiger partial charge on any atom is 0.251 e. The SMILES string of the molecule is O=C(NCCS(=O)(=O)NCc1cccnc1)c1ccc(-c2ccccc2)cc1. The summed E-state index contributed by atoms with van der Waals surface area (Å²) in [5, 5.41) is 2.64. The van der Waals surface area contributed by atoms with E-state index in [9.17, 15) is 13.2 Å². The Morgan fingerprint density at radius 2 is 1.61 bits per heavy atom. The largest absolute Gasteiger partial charge is 0.351 e. The summed E-state index contributed by atoms with van der Waals surface area (Å²) in [6, 6.07) is 20.6. The van der Waals surface area contributed by atoms with Crippen molar-refractivity contribution < 1.29 is 13.2 Å². The molecule has 0 aliphatic heterocycles. The molecule has 3 aromatic rings. The van der Waals surface area contributed by atoms with Crippen molar-refractivity contribution in [1.29, 1.82) is 0 Å². The van der Waals surface area contributed by atoms with Crippen LogP contribution < -0.4 is 10.0 Å². The predicted octanol–water partition coefficient (Wildman–Crippen LogP) is 2.60. The Morgan fingerprint density at radius 1 is 0.893 bits per heavy atom. The van der Waals surface area contributed by atoms with Crippen LogP contribution in [-0.2, 0) is 16.6 Å². The van der Waals surface area contributed by atoms with Crippen molar-refractivity contribution in [2.24, 2.45) is 0 Å². The summed E-state index contributed by atoms with van der Waals surface area (Å²) in [6.07, 6.45) is 3.23. The molecule has 2 N–H and O–H groups in total. The molecule has 28 heavy (non-hydrogen) atoms. The normalized spacial score (nSPS) is 11.1. The number of hydrogen-bond acceptors (Lipinski definition) is 4. The minimum atomic E-state index is -3.49. The summed E-state index contributed by atoms with van der Waals surface area (Å²) in [5.41, 5.74) is 3.34. The molecule has 7 heteroatoms. The van der Waals surface area contributed by atoms with E-state index in [0.717, 1.165) is 16.7 Å². The van der Waals surface area contributed by atoms with Gasteiger partial charge in [0.25, 0.3) is 5.91 Å². The van der Waals surface area contributed by atoms with E-state index in [-0.39, 0.29) is 24.7 Å². The van der Waals surface area contributed by atoms with Crippen LogP contribution >= 0.6 is 0 Å². The lowest BCUT2D eigenvalue weighted by Gasteiger charge is -2.09. The summed E-state index contributed by atoms with van der Waals surface area (Å²) in [5.74, 6) is -0.497. The van der Waals surface area contributed by atoms with Crippen LogP contribution in [0.2, 0.25) is 0 Å². The molecule has 1 amide bonds. The molecule has 2 aromatic carbocycles. The van der Waals surface area contributed by atoms with E-state index < -0.39 is 10.0 Å². The monoisotopic (exact) mass is 395 g/mol. The first kappa shape index (κ1) is 19.7. The molecule has 0 saturated heterocycles. The van der Waals surface area contributed by atoms with Gasteiger partial charge in [-0.2, -0.15) is 0 Å². The van der Waals surface area contributed by atoms with E-state index in [1.54, 1.807) is 36.7 Å². The second kappa shape index (κ2) is 9.25. The fourth-order valence-electron chi connectivity index (χ4n) is 2.61. The van der Waals surface area contributed by atoms with Crippen LogP contribution in [0.4, 0.5) is 0 Å². The highest BCUT2D eigenvalue weighted by Crippen LogP contribution is 2.19. The van der Waals surface area contributed by atoms with Crippen LogP contribution in [-0.4, -0.2) is 31.6 Å². The van der Waals surface area contributed by atoms with Crippen molar-refractivity contribution >= 4 is 15.9 Å². The number of hydrogen-bond donors (Lipinski definition) is 2. The van der Waals surface area contributed by atoms with E-state index >= 15 is 0 Å². The number of rotatable bonds is 8. The molecule has 0 spiro atoms. The molecule has 0 unspecified atom stereocenters. The zero-order chi connectivity index (χ0) is 19.8. The first-order valence-electron chi connectivity index (χ1n) is 8.83. The van der Waals surface area contributed by atoms with Crippen molar-refractivity contribution in [2.75, 3.05) is 12.3 Å². The summed E-state index contributed by atoms with van der Waals surface area (Å²) < 4.78 is 26.6. The number of nitrogens with one attached hydrogen (secondary N) is 2. The minimum Gasteiger partial charge on any atom is -0.351 e. The van der Waals surface area contributed by atoms with Crippen LogP contribution in [0.25, 0.3) is 11.1 Å². The van der Waals surface area contributed by atoms with Gasteiger partial charge in [-0.05, 0) is 34.9 Å². The molecule has 0 aliphatic carbocycles. The standard InChI is InChI=1S/C21H21N3O3S/c25-21(20-10-8-19(9-11-20)18-6-2-1-3-7-18)23-13-14-28(26,27)24-16-17-5-4-12-22-15-17/h1-12,15,24H,13-14,16H2,(H,23,25). The van der Waals surface area contributed by atoms with Crippen LogP contribution in [0.1, 0.15) is 15.9 Å². The van der Waals surface area contributed by atoms with Crippen molar-refractivity contribution in [3.8, 4) is 11.1 Å². The quantitative estimate of drug-likeness (QED) is 0.614. The second-order valence-corrected chi connectivity index (χ2v) is 8.13. The van der Waals surface area contributed by atoms with Gasteiger partial charge in [0.1, 0.15) is 0 Å². The molecular weight excluding hydrogens is 374 g/mol. The number of carbonyl (C=O) groups is 1. The van der Waals surface area contributed by atoms with E-state index in [0.29, 0.717) is 5.56 Å². The molecule has 0 bridgehead atoms. The van der Waals surface area contributed by atoms with Gasteiger partial charge >= 0.3 is 0 Å². The molecule has 0 aliphatic rings. The molecule has 1 aromatic heterocycles. The number of benzene rings is 2. The first-order chi connectivity index (χ1) is 13.5. The molecule has 0 saturated carbocycles. The van der Waals surface area contributed by atoms with Crippen LogP contribution in [0.3, 0.4) is 0 Å². The fraction of sp³-hybridized carbons (Fsp3) is 0.143. The number of aromatic nitrogens is 1. The third-order valence-electron chi connectivity index (χ3n) is 4.13. The van der Waals surface area contributed by atoms with Crippen molar-refractivity contribution in [1.82, 2.24) is 15.0 Å². The Hall–Kier alpha value is -3.03.